The quantitative estimate of drug-likeness (QED) is 0.296. The van der Waals surface area contributed by atoms with Crippen LogP contribution in [0.25, 0.3) is 11.1 Å². The maximum atomic E-state index is 13.8. The van der Waals surface area contributed by atoms with Crippen LogP contribution in [0.3, 0.4) is 0 Å². The van der Waals surface area contributed by atoms with Crippen LogP contribution in [0.15, 0.2) is 29.1 Å². The number of nitrogens with one attached hydrogen (secondary N) is 3. The van der Waals surface area contributed by atoms with Crippen molar-refractivity contribution < 1.29 is 23.8 Å². The molecule has 0 radical (unpaired) electrons. The van der Waals surface area contributed by atoms with Crippen molar-refractivity contribution in [3.05, 3.63) is 45.6 Å². The van der Waals surface area contributed by atoms with Crippen LogP contribution in [0.1, 0.15) is 75.5 Å². The van der Waals surface area contributed by atoms with E-state index in [2.05, 4.69) is 16.0 Å². The molecule has 2 aliphatic carbocycles. The van der Waals surface area contributed by atoms with Gasteiger partial charge in [0.2, 0.25) is 23.0 Å². The van der Waals surface area contributed by atoms with Crippen LogP contribution in [0.5, 0.6) is 17.2 Å². The van der Waals surface area contributed by atoms with E-state index < -0.39 is 12.1 Å². The number of rotatable bonds is 11. The highest BCUT2D eigenvalue weighted by Gasteiger charge is 2.30. The molecular formula is C33H45N3O6S. The van der Waals surface area contributed by atoms with Crippen molar-refractivity contribution in [2.75, 3.05) is 38.7 Å². The molecule has 1 saturated carbocycles. The first kappa shape index (κ1) is 32.5. The Morgan fingerprint density at radius 2 is 1.67 bits per heavy atom. The van der Waals surface area contributed by atoms with Gasteiger partial charge in [-0.05, 0) is 79.0 Å². The summed E-state index contributed by atoms with van der Waals surface area (Å²) < 4.78 is 17.2. The van der Waals surface area contributed by atoms with E-state index in [0.717, 1.165) is 48.1 Å². The Balaban J connectivity index is 1.80. The van der Waals surface area contributed by atoms with Crippen LogP contribution in [0, 0.1) is 0 Å². The van der Waals surface area contributed by atoms with Crippen molar-refractivity contribution in [2.24, 2.45) is 0 Å². The van der Waals surface area contributed by atoms with Crippen LogP contribution in [-0.4, -0.2) is 57.2 Å². The topological polar surface area (TPSA) is 115 Å². The number of methoxy groups -OCH3 is 3. The van der Waals surface area contributed by atoms with E-state index in [1.165, 1.54) is 19.8 Å². The largest absolute Gasteiger partial charge is 0.493 e. The number of carbonyl (C=O) groups is 2. The molecule has 3 N–H and O–H groups in total. The van der Waals surface area contributed by atoms with E-state index in [0.29, 0.717) is 47.8 Å². The summed E-state index contributed by atoms with van der Waals surface area (Å²) in [4.78, 5) is 39.6. The number of fused-ring (bicyclic) bond motifs is 3. The second-order valence-electron chi connectivity index (χ2n) is 11.3. The average molecular weight is 612 g/mol. The summed E-state index contributed by atoms with van der Waals surface area (Å²) in [5, 5.41) is 9.59. The molecule has 2 aromatic carbocycles. The third-order valence-corrected chi connectivity index (χ3v) is 9.02. The summed E-state index contributed by atoms with van der Waals surface area (Å²) in [6.07, 6.45) is 10.4. The van der Waals surface area contributed by atoms with E-state index in [1.807, 2.05) is 18.4 Å². The SMILES string of the molecule is COc1cc2c(c(OC)c1OC)-c1ccc(NC(CCSC)C(=O)NC3CCCCCC3)c(=O)cc1C(NC(C)=O)CC2. The second kappa shape index (κ2) is 15.4. The number of benzene rings is 1. The zero-order valence-electron chi connectivity index (χ0n) is 26.0. The molecule has 9 nitrogen and oxygen atoms in total. The number of aryl methyl sites for hydroxylation is 1. The number of thioether (sulfide) groups is 1. The number of amides is 2. The zero-order chi connectivity index (χ0) is 30.9. The Morgan fingerprint density at radius 3 is 2.30 bits per heavy atom. The normalized spacial score (nSPS) is 17.3. The van der Waals surface area contributed by atoms with Crippen molar-refractivity contribution in [1.29, 1.82) is 0 Å². The third kappa shape index (κ3) is 7.77. The molecule has 0 bridgehead atoms. The van der Waals surface area contributed by atoms with Crippen LogP contribution in [0.4, 0.5) is 5.69 Å². The van der Waals surface area contributed by atoms with Crippen LogP contribution < -0.4 is 35.6 Å². The standard InChI is InChI=1S/C33H45N3O6S/c1-20(37)34-25-14-12-21-18-29(40-2)31(41-3)32(42-4)30(21)23-13-15-26(28(38)19-24(23)25)36-27(16-17-43-5)33(39)35-22-10-8-6-7-9-11-22/h13,15,18-19,22,25,27H,6-12,14,16-17H2,1-5H3,(H,34,37)(H,35,39)(H,36,38). The van der Waals surface area contributed by atoms with Crippen molar-refractivity contribution in [1.82, 2.24) is 10.6 Å². The summed E-state index contributed by atoms with van der Waals surface area (Å²) in [5.41, 5.74) is 3.25. The molecular weight excluding hydrogens is 566 g/mol. The maximum Gasteiger partial charge on any atom is 0.242 e. The second-order valence-corrected chi connectivity index (χ2v) is 12.3. The number of hydrogen-bond acceptors (Lipinski definition) is 8. The molecule has 2 unspecified atom stereocenters. The Labute approximate surface area is 258 Å². The molecule has 2 aliphatic rings. The highest BCUT2D eigenvalue weighted by atomic mass is 32.2. The highest BCUT2D eigenvalue weighted by Crippen LogP contribution is 2.50. The van der Waals surface area contributed by atoms with Crippen LogP contribution >= 0.6 is 11.8 Å². The molecule has 43 heavy (non-hydrogen) atoms. The van der Waals surface area contributed by atoms with E-state index in [-0.39, 0.29) is 23.3 Å². The van der Waals surface area contributed by atoms with E-state index >= 15 is 0 Å². The molecule has 1 fully saturated rings. The van der Waals surface area contributed by atoms with Gasteiger partial charge in [0.15, 0.2) is 11.5 Å². The first-order valence-electron chi connectivity index (χ1n) is 15.1. The molecule has 2 aromatic rings. The predicted octanol–water partition coefficient (Wildman–Crippen LogP) is 5.24. The van der Waals surface area contributed by atoms with Gasteiger partial charge in [-0.2, -0.15) is 11.8 Å². The fourth-order valence-corrected chi connectivity index (χ4v) is 6.72. The fourth-order valence-electron chi connectivity index (χ4n) is 6.24. The van der Waals surface area contributed by atoms with Gasteiger partial charge in [0.1, 0.15) is 6.04 Å². The van der Waals surface area contributed by atoms with Crippen molar-refractivity contribution in [3.63, 3.8) is 0 Å². The molecule has 0 aliphatic heterocycles. The maximum absolute atomic E-state index is 13.8. The van der Waals surface area contributed by atoms with Crippen molar-refractivity contribution >= 4 is 29.3 Å². The van der Waals surface area contributed by atoms with Gasteiger partial charge in [-0.15, -0.1) is 0 Å². The summed E-state index contributed by atoms with van der Waals surface area (Å²) in [6.45, 7) is 1.47. The zero-order valence-corrected chi connectivity index (χ0v) is 26.8. The molecule has 0 aromatic heterocycles. The Bertz CT molecular complexity index is 1360. The van der Waals surface area contributed by atoms with Gasteiger partial charge in [0.05, 0.1) is 33.1 Å². The summed E-state index contributed by atoms with van der Waals surface area (Å²) in [6, 6.07) is 6.33. The lowest BCUT2D eigenvalue weighted by Crippen LogP contribution is -2.45. The Kier molecular flexibility index (Phi) is 11.6. The van der Waals surface area contributed by atoms with Gasteiger partial charge in [-0.1, -0.05) is 31.7 Å². The van der Waals surface area contributed by atoms with Crippen molar-refractivity contribution in [3.8, 4) is 28.4 Å². The van der Waals surface area contributed by atoms with Gasteiger partial charge >= 0.3 is 0 Å². The first-order valence-corrected chi connectivity index (χ1v) is 16.5. The smallest absolute Gasteiger partial charge is 0.242 e. The average Bonchev–Trinajstić information content (AvgIpc) is 3.40. The first-order chi connectivity index (χ1) is 20.8. The number of ether oxygens (including phenoxy) is 3. The molecule has 0 spiro atoms. The van der Waals surface area contributed by atoms with Gasteiger partial charge < -0.3 is 30.2 Å². The lowest BCUT2D eigenvalue weighted by molar-refractivity contribution is -0.122. The number of carbonyl (C=O) groups excluding carboxylic acids is 2. The minimum Gasteiger partial charge on any atom is -0.493 e. The van der Waals surface area contributed by atoms with E-state index in [4.69, 9.17) is 14.2 Å². The van der Waals surface area contributed by atoms with E-state index in [1.54, 1.807) is 45.2 Å². The summed E-state index contributed by atoms with van der Waals surface area (Å²) in [5.74, 6) is 2.00. The number of anilines is 1. The molecule has 234 valence electrons. The lowest BCUT2D eigenvalue weighted by atomic mass is 9.95. The van der Waals surface area contributed by atoms with Crippen molar-refractivity contribution in [2.45, 2.75) is 82.8 Å². The van der Waals surface area contributed by atoms with Gasteiger partial charge in [-0.25, -0.2) is 0 Å². The third-order valence-electron chi connectivity index (χ3n) is 8.37. The molecule has 0 saturated heterocycles. The predicted molar refractivity (Wildman–Crippen MR) is 173 cm³/mol. The van der Waals surface area contributed by atoms with Gasteiger partial charge in [-0.3, -0.25) is 14.4 Å². The monoisotopic (exact) mass is 611 g/mol. The van der Waals surface area contributed by atoms with Gasteiger partial charge in [0, 0.05) is 18.5 Å². The van der Waals surface area contributed by atoms with Gasteiger partial charge in [0.25, 0.3) is 0 Å². The summed E-state index contributed by atoms with van der Waals surface area (Å²) in [7, 11) is 4.71. The molecule has 2 amide bonds. The Morgan fingerprint density at radius 1 is 0.953 bits per heavy atom. The van der Waals surface area contributed by atoms with Crippen LogP contribution in [0.2, 0.25) is 0 Å². The molecule has 2 atom stereocenters. The lowest BCUT2D eigenvalue weighted by Gasteiger charge is -2.23. The summed E-state index contributed by atoms with van der Waals surface area (Å²) >= 11 is 1.67. The molecule has 0 heterocycles. The fraction of sp³-hybridized carbons (Fsp3) is 0.545. The molecule has 10 heteroatoms. The Hall–Kier alpha value is -3.40. The van der Waals surface area contributed by atoms with E-state index in [9.17, 15) is 14.4 Å². The van der Waals surface area contributed by atoms with Crippen LogP contribution in [-0.2, 0) is 16.0 Å². The minimum atomic E-state index is -0.553. The number of hydrogen-bond donors (Lipinski definition) is 3. The highest BCUT2D eigenvalue weighted by molar-refractivity contribution is 7.98. The minimum absolute atomic E-state index is 0.0756. The molecule has 4 rings (SSSR count).